The Morgan fingerprint density at radius 3 is 2.55 bits per heavy atom. The molecule has 0 atom stereocenters. The second-order valence-corrected chi connectivity index (χ2v) is 7.51. The van der Waals surface area contributed by atoms with E-state index in [9.17, 15) is 14.9 Å². The van der Waals surface area contributed by atoms with Crippen molar-refractivity contribution in [1.82, 2.24) is 9.78 Å². The molecule has 0 aliphatic rings. The molecule has 0 bridgehead atoms. The van der Waals surface area contributed by atoms with Crippen molar-refractivity contribution in [2.45, 2.75) is 13.8 Å². The van der Waals surface area contributed by atoms with E-state index in [1.807, 2.05) is 6.92 Å². The molecule has 0 aliphatic carbocycles. The van der Waals surface area contributed by atoms with Gasteiger partial charge in [0.15, 0.2) is 0 Å². The van der Waals surface area contributed by atoms with Gasteiger partial charge in [0.25, 0.3) is 11.6 Å². The molecule has 0 unspecified atom stereocenters. The number of aryl methyl sites for hydroxylation is 3. The first-order valence-electron chi connectivity index (χ1n) is 8.39. The Morgan fingerprint density at radius 1 is 1.24 bits per heavy atom. The van der Waals surface area contributed by atoms with Crippen LogP contribution in [0.1, 0.15) is 21.7 Å². The van der Waals surface area contributed by atoms with Crippen LogP contribution in [0.5, 0.6) is 11.5 Å². The van der Waals surface area contributed by atoms with E-state index in [0.29, 0.717) is 26.6 Å². The van der Waals surface area contributed by atoms with Crippen LogP contribution in [0.2, 0.25) is 5.02 Å². The highest BCUT2D eigenvalue weighted by molar-refractivity contribution is 9.10. The number of aromatic nitrogens is 2. The zero-order chi connectivity index (χ0) is 21.3. The summed E-state index contributed by atoms with van der Waals surface area (Å²) < 4.78 is 7.73. The maximum Gasteiger partial charge on any atom is 0.275 e. The fourth-order valence-corrected chi connectivity index (χ4v) is 3.34. The van der Waals surface area contributed by atoms with E-state index in [2.05, 4.69) is 26.3 Å². The van der Waals surface area contributed by atoms with Gasteiger partial charge in [-0.2, -0.15) is 5.10 Å². The number of carbonyl (C=O) groups excluding carboxylic acids is 1. The first-order chi connectivity index (χ1) is 13.7. The van der Waals surface area contributed by atoms with Gasteiger partial charge in [-0.25, -0.2) is 0 Å². The molecule has 0 fully saturated rings. The third-order valence-electron chi connectivity index (χ3n) is 4.09. The number of carbonyl (C=O) groups is 1. The number of rotatable bonds is 5. The van der Waals surface area contributed by atoms with Crippen molar-refractivity contribution < 1.29 is 14.5 Å². The number of amides is 1. The van der Waals surface area contributed by atoms with Gasteiger partial charge in [0.05, 0.1) is 26.8 Å². The van der Waals surface area contributed by atoms with Crippen molar-refractivity contribution in [2.75, 3.05) is 5.32 Å². The van der Waals surface area contributed by atoms with Crippen molar-refractivity contribution in [3.63, 3.8) is 0 Å². The van der Waals surface area contributed by atoms with Crippen molar-refractivity contribution in [1.29, 1.82) is 0 Å². The fraction of sp³-hybridized carbons (Fsp3) is 0.158. The zero-order valence-electron chi connectivity index (χ0n) is 15.7. The average Bonchev–Trinajstić information content (AvgIpc) is 2.90. The van der Waals surface area contributed by atoms with E-state index in [1.165, 1.54) is 22.9 Å². The highest BCUT2D eigenvalue weighted by atomic mass is 79.9. The molecule has 8 nitrogen and oxygen atoms in total. The second kappa shape index (κ2) is 8.22. The van der Waals surface area contributed by atoms with E-state index in [4.69, 9.17) is 16.3 Å². The molecule has 29 heavy (non-hydrogen) atoms. The molecule has 0 saturated carbocycles. The number of non-ortho nitro benzene ring substituents is 1. The lowest BCUT2D eigenvalue weighted by molar-refractivity contribution is -0.384. The van der Waals surface area contributed by atoms with Crippen molar-refractivity contribution in [2.24, 2.45) is 7.05 Å². The molecular formula is C19H16BrClN4O4. The van der Waals surface area contributed by atoms with Crippen LogP contribution in [-0.4, -0.2) is 20.6 Å². The Hall–Kier alpha value is -2.91. The molecule has 1 N–H and O–H groups in total. The topological polar surface area (TPSA) is 99.3 Å². The molecule has 0 aliphatic heterocycles. The quantitative estimate of drug-likeness (QED) is 0.390. The lowest BCUT2D eigenvalue weighted by Crippen LogP contribution is -2.16. The number of nitrogens with one attached hydrogen (secondary N) is 1. The zero-order valence-corrected chi connectivity index (χ0v) is 18.0. The SMILES string of the molecule is Cc1cc(Oc2cc(NC(=O)c3c(Br)c(C)nn3C)cc([N+](=O)[O-])c2)ccc1Cl. The summed E-state index contributed by atoms with van der Waals surface area (Å²) in [4.78, 5) is 23.4. The lowest BCUT2D eigenvalue weighted by Gasteiger charge is -2.11. The molecule has 1 heterocycles. The summed E-state index contributed by atoms with van der Waals surface area (Å²) in [6, 6.07) is 9.09. The normalized spacial score (nSPS) is 10.7. The van der Waals surface area contributed by atoms with Crippen LogP contribution in [0.25, 0.3) is 0 Å². The Bertz CT molecular complexity index is 1130. The molecule has 1 amide bonds. The first kappa shape index (κ1) is 20.8. The van der Waals surface area contributed by atoms with E-state index >= 15 is 0 Å². The van der Waals surface area contributed by atoms with Gasteiger partial charge < -0.3 is 10.1 Å². The molecular weight excluding hydrogens is 464 g/mol. The summed E-state index contributed by atoms with van der Waals surface area (Å²) in [5, 5.41) is 18.7. The van der Waals surface area contributed by atoms with Crippen molar-refractivity contribution >= 4 is 44.8 Å². The smallest absolute Gasteiger partial charge is 0.275 e. The molecule has 2 aromatic carbocycles. The van der Waals surface area contributed by atoms with Crippen LogP contribution in [0.4, 0.5) is 11.4 Å². The van der Waals surface area contributed by atoms with E-state index in [0.717, 1.165) is 5.56 Å². The monoisotopic (exact) mass is 478 g/mol. The molecule has 1 aromatic heterocycles. The van der Waals surface area contributed by atoms with Gasteiger partial charge in [0.1, 0.15) is 17.2 Å². The maximum absolute atomic E-state index is 12.7. The van der Waals surface area contributed by atoms with Crippen LogP contribution in [-0.2, 0) is 7.05 Å². The molecule has 0 spiro atoms. The number of ether oxygens (including phenoxy) is 1. The number of nitrogens with zero attached hydrogens (tertiary/aromatic N) is 3. The number of nitro benzene ring substituents is 1. The maximum atomic E-state index is 12.7. The largest absolute Gasteiger partial charge is 0.457 e. The van der Waals surface area contributed by atoms with E-state index in [1.54, 1.807) is 32.2 Å². The highest BCUT2D eigenvalue weighted by Crippen LogP contribution is 2.32. The Kier molecular flexibility index (Phi) is 5.90. The summed E-state index contributed by atoms with van der Waals surface area (Å²) in [7, 11) is 1.64. The van der Waals surface area contributed by atoms with Crippen LogP contribution in [0.3, 0.4) is 0 Å². The molecule has 0 radical (unpaired) electrons. The third-order valence-corrected chi connectivity index (χ3v) is 5.46. The Morgan fingerprint density at radius 2 is 1.97 bits per heavy atom. The minimum Gasteiger partial charge on any atom is -0.457 e. The lowest BCUT2D eigenvalue weighted by atomic mass is 10.2. The van der Waals surface area contributed by atoms with Crippen LogP contribution in [0, 0.1) is 24.0 Å². The van der Waals surface area contributed by atoms with Gasteiger partial charge in [0, 0.05) is 24.2 Å². The standard InChI is InChI=1S/C19H16BrClN4O4/c1-10-6-14(4-5-16(10)21)29-15-8-12(7-13(9-15)25(27)28)22-19(26)18-17(20)11(2)23-24(18)3/h4-9H,1-3H3,(H,22,26). The van der Waals surface area contributed by atoms with Gasteiger partial charge in [-0.3, -0.25) is 19.6 Å². The third kappa shape index (κ3) is 4.57. The number of anilines is 1. The van der Waals surface area contributed by atoms with Gasteiger partial charge in [-0.15, -0.1) is 0 Å². The van der Waals surface area contributed by atoms with Gasteiger partial charge in [-0.1, -0.05) is 11.6 Å². The van der Waals surface area contributed by atoms with Gasteiger partial charge in [0.2, 0.25) is 0 Å². The van der Waals surface area contributed by atoms with Crippen LogP contribution < -0.4 is 10.1 Å². The summed E-state index contributed by atoms with van der Waals surface area (Å²) in [6.45, 7) is 3.58. The number of hydrogen-bond acceptors (Lipinski definition) is 5. The number of halogens is 2. The van der Waals surface area contributed by atoms with Crippen molar-refractivity contribution in [3.05, 3.63) is 73.0 Å². The Labute approximate surface area is 179 Å². The first-order valence-corrected chi connectivity index (χ1v) is 9.56. The summed E-state index contributed by atoms with van der Waals surface area (Å²) in [6.07, 6.45) is 0. The predicted molar refractivity (Wildman–Crippen MR) is 113 cm³/mol. The van der Waals surface area contributed by atoms with Gasteiger partial charge >= 0.3 is 0 Å². The molecule has 0 saturated heterocycles. The van der Waals surface area contributed by atoms with Crippen LogP contribution >= 0.6 is 27.5 Å². The summed E-state index contributed by atoms with van der Waals surface area (Å²) >= 11 is 9.35. The minimum atomic E-state index is -0.556. The van der Waals surface area contributed by atoms with E-state index in [-0.39, 0.29) is 17.1 Å². The van der Waals surface area contributed by atoms with Crippen molar-refractivity contribution in [3.8, 4) is 11.5 Å². The van der Waals surface area contributed by atoms with E-state index < -0.39 is 10.8 Å². The number of hydrogen-bond donors (Lipinski definition) is 1. The number of benzene rings is 2. The van der Waals surface area contributed by atoms with Gasteiger partial charge in [-0.05, 0) is 53.5 Å². The summed E-state index contributed by atoms with van der Waals surface area (Å²) in [5.74, 6) is 0.208. The Balaban J connectivity index is 1.93. The average molecular weight is 480 g/mol. The molecule has 3 aromatic rings. The highest BCUT2D eigenvalue weighted by Gasteiger charge is 2.20. The number of nitro groups is 1. The van der Waals surface area contributed by atoms with Crippen LogP contribution in [0.15, 0.2) is 40.9 Å². The molecule has 150 valence electrons. The predicted octanol–water partition coefficient (Wildman–Crippen LogP) is 5.41. The second-order valence-electron chi connectivity index (χ2n) is 6.31. The molecule has 10 heteroatoms. The molecule has 3 rings (SSSR count). The fourth-order valence-electron chi connectivity index (χ4n) is 2.71. The summed E-state index contributed by atoms with van der Waals surface area (Å²) in [5.41, 5.74) is 1.75. The minimum absolute atomic E-state index is 0.205.